The van der Waals surface area contributed by atoms with Gasteiger partial charge < -0.3 is 4.74 Å². The summed E-state index contributed by atoms with van der Waals surface area (Å²) in [5.41, 5.74) is 3.98. The van der Waals surface area contributed by atoms with Crippen LogP contribution >= 0.6 is 0 Å². The van der Waals surface area contributed by atoms with Gasteiger partial charge in [0.1, 0.15) is 5.82 Å². The second kappa shape index (κ2) is 7.94. The van der Waals surface area contributed by atoms with Gasteiger partial charge in [0.15, 0.2) is 0 Å². The minimum atomic E-state index is -0.130. The molecule has 0 heterocycles. The molecule has 0 fully saturated rings. The number of hydrogen-bond acceptors (Lipinski definition) is 1. The fourth-order valence-electron chi connectivity index (χ4n) is 2.64. The van der Waals surface area contributed by atoms with Gasteiger partial charge in [-0.2, -0.15) is 0 Å². The largest absolute Gasteiger partial charge is 0.385 e. The fraction of sp³-hybridized carbons (Fsp3) is 0.368. The molecule has 2 aromatic rings. The number of methoxy groups -OCH3 is 1. The predicted octanol–water partition coefficient (Wildman–Crippen LogP) is 5.16. The van der Waals surface area contributed by atoms with Crippen molar-refractivity contribution in [3.8, 4) is 11.1 Å². The maximum Gasteiger partial charge on any atom is 0.131 e. The van der Waals surface area contributed by atoms with Crippen LogP contribution in [0.2, 0.25) is 0 Å². The Labute approximate surface area is 126 Å². The van der Waals surface area contributed by atoms with Crippen molar-refractivity contribution in [2.75, 3.05) is 13.7 Å². The van der Waals surface area contributed by atoms with Gasteiger partial charge in [0.2, 0.25) is 0 Å². The lowest BCUT2D eigenvalue weighted by molar-refractivity contribution is 0.192. The van der Waals surface area contributed by atoms with Crippen molar-refractivity contribution in [1.29, 1.82) is 0 Å². The first-order valence-corrected chi connectivity index (χ1v) is 7.55. The normalized spacial score (nSPS) is 10.8. The lowest BCUT2D eigenvalue weighted by Crippen LogP contribution is -1.96. The first kappa shape index (κ1) is 15.7. The first-order valence-electron chi connectivity index (χ1n) is 7.55. The van der Waals surface area contributed by atoms with Crippen LogP contribution in [0.1, 0.15) is 30.4 Å². The third kappa shape index (κ3) is 4.40. The number of hydrogen-bond donors (Lipinski definition) is 0. The minimum Gasteiger partial charge on any atom is -0.385 e. The van der Waals surface area contributed by atoms with E-state index in [1.54, 1.807) is 19.2 Å². The van der Waals surface area contributed by atoms with Crippen LogP contribution in [-0.2, 0) is 11.2 Å². The minimum absolute atomic E-state index is 0.130. The average Bonchev–Trinajstić information content (AvgIpc) is 2.47. The van der Waals surface area contributed by atoms with Crippen molar-refractivity contribution in [1.82, 2.24) is 0 Å². The van der Waals surface area contributed by atoms with Crippen LogP contribution in [0.4, 0.5) is 4.39 Å². The smallest absolute Gasteiger partial charge is 0.131 e. The Bertz CT molecular complexity index is 578. The summed E-state index contributed by atoms with van der Waals surface area (Å²) in [6, 6.07) is 13.4. The summed E-state index contributed by atoms with van der Waals surface area (Å²) in [7, 11) is 1.72. The van der Waals surface area contributed by atoms with Crippen LogP contribution in [0.3, 0.4) is 0 Å². The highest BCUT2D eigenvalue weighted by Gasteiger charge is 2.10. The number of rotatable bonds is 7. The number of benzene rings is 2. The highest BCUT2D eigenvalue weighted by Crippen LogP contribution is 2.28. The van der Waals surface area contributed by atoms with Gasteiger partial charge >= 0.3 is 0 Å². The van der Waals surface area contributed by atoms with Gasteiger partial charge in [0.25, 0.3) is 0 Å². The Hall–Kier alpha value is -1.67. The quantitative estimate of drug-likeness (QED) is 0.639. The van der Waals surface area contributed by atoms with E-state index in [-0.39, 0.29) is 5.82 Å². The molecule has 0 unspecified atom stereocenters. The molecule has 0 saturated carbocycles. The van der Waals surface area contributed by atoms with E-state index in [0.29, 0.717) is 0 Å². The maximum absolute atomic E-state index is 14.3. The summed E-state index contributed by atoms with van der Waals surface area (Å²) >= 11 is 0. The lowest BCUT2D eigenvalue weighted by Gasteiger charge is -2.11. The summed E-state index contributed by atoms with van der Waals surface area (Å²) < 4.78 is 19.3. The van der Waals surface area contributed by atoms with Gasteiger partial charge in [0.05, 0.1) is 0 Å². The molecule has 0 aliphatic carbocycles. The van der Waals surface area contributed by atoms with Gasteiger partial charge in [-0.25, -0.2) is 4.39 Å². The Morgan fingerprint density at radius 2 is 1.81 bits per heavy atom. The van der Waals surface area contributed by atoms with E-state index in [4.69, 9.17) is 4.74 Å². The summed E-state index contributed by atoms with van der Waals surface area (Å²) in [4.78, 5) is 0. The average molecular weight is 286 g/mol. The molecule has 2 heteroatoms. The zero-order chi connectivity index (χ0) is 15.1. The van der Waals surface area contributed by atoms with E-state index >= 15 is 0 Å². The summed E-state index contributed by atoms with van der Waals surface area (Å²) in [5.74, 6) is -0.130. The molecular formula is C19H23FO. The molecule has 0 spiro atoms. The van der Waals surface area contributed by atoms with E-state index in [2.05, 4.69) is 0 Å². The SMILES string of the molecule is COCCCCCc1cccc(F)c1-c1cccc(C)c1. The molecule has 0 radical (unpaired) electrons. The van der Waals surface area contributed by atoms with Crippen molar-refractivity contribution in [3.63, 3.8) is 0 Å². The second-order valence-electron chi connectivity index (χ2n) is 5.45. The van der Waals surface area contributed by atoms with Gasteiger partial charge in [-0.3, -0.25) is 0 Å². The third-order valence-corrected chi connectivity index (χ3v) is 3.70. The van der Waals surface area contributed by atoms with Gasteiger partial charge in [-0.05, 0) is 43.4 Å². The van der Waals surface area contributed by atoms with Crippen LogP contribution in [0.15, 0.2) is 42.5 Å². The van der Waals surface area contributed by atoms with E-state index in [9.17, 15) is 4.39 Å². The molecule has 0 aliphatic rings. The molecule has 0 N–H and O–H groups in total. The van der Waals surface area contributed by atoms with Crippen molar-refractivity contribution >= 4 is 0 Å². The molecule has 1 nitrogen and oxygen atoms in total. The van der Waals surface area contributed by atoms with Crippen LogP contribution < -0.4 is 0 Å². The molecule has 0 atom stereocenters. The van der Waals surface area contributed by atoms with E-state index < -0.39 is 0 Å². The molecule has 0 aromatic heterocycles. The molecule has 2 aromatic carbocycles. The summed E-state index contributed by atoms with van der Waals surface area (Å²) in [6.07, 6.45) is 4.14. The van der Waals surface area contributed by atoms with Crippen molar-refractivity contribution < 1.29 is 9.13 Å². The van der Waals surface area contributed by atoms with Gasteiger partial charge in [-0.15, -0.1) is 0 Å². The molecule has 0 aliphatic heterocycles. The molecule has 0 amide bonds. The van der Waals surface area contributed by atoms with E-state index in [1.807, 2.05) is 37.3 Å². The zero-order valence-electron chi connectivity index (χ0n) is 12.9. The topological polar surface area (TPSA) is 9.23 Å². The second-order valence-corrected chi connectivity index (χ2v) is 5.45. The van der Waals surface area contributed by atoms with Crippen LogP contribution in [0, 0.1) is 12.7 Å². The van der Waals surface area contributed by atoms with E-state index in [1.165, 1.54) is 0 Å². The van der Waals surface area contributed by atoms with Gasteiger partial charge in [-0.1, -0.05) is 48.4 Å². The van der Waals surface area contributed by atoms with Crippen LogP contribution in [0.25, 0.3) is 11.1 Å². The molecule has 112 valence electrons. The molecule has 2 rings (SSSR count). The zero-order valence-corrected chi connectivity index (χ0v) is 12.9. The Kier molecular flexibility index (Phi) is 5.94. The summed E-state index contributed by atoms with van der Waals surface area (Å²) in [5, 5.41) is 0. The molecule has 21 heavy (non-hydrogen) atoms. The number of halogens is 1. The number of ether oxygens (including phenoxy) is 1. The van der Waals surface area contributed by atoms with Crippen LogP contribution in [-0.4, -0.2) is 13.7 Å². The Morgan fingerprint density at radius 1 is 1.00 bits per heavy atom. The lowest BCUT2D eigenvalue weighted by atomic mass is 9.94. The number of aryl methyl sites for hydroxylation is 2. The van der Waals surface area contributed by atoms with Crippen LogP contribution in [0.5, 0.6) is 0 Å². The first-order chi connectivity index (χ1) is 10.2. The molecule has 0 saturated heterocycles. The highest BCUT2D eigenvalue weighted by molar-refractivity contribution is 5.68. The molecular weight excluding hydrogens is 263 g/mol. The third-order valence-electron chi connectivity index (χ3n) is 3.70. The fourth-order valence-corrected chi connectivity index (χ4v) is 2.64. The van der Waals surface area contributed by atoms with Crippen molar-refractivity contribution in [2.24, 2.45) is 0 Å². The molecule has 0 bridgehead atoms. The Morgan fingerprint density at radius 3 is 2.57 bits per heavy atom. The number of unbranched alkanes of at least 4 members (excludes halogenated alkanes) is 2. The van der Waals surface area contributed by atoms with E-state index in [0.717, 1.165) is 54.5 Å². The maximum atomic E-state index is 14.3. The van der Waals surface area contributed by atoms with Gasteiger partial charge in [0, 0.05) is 19.3 Å². The standard InChI is InChI=1S/C19H23FO/c1-15-8-6-11-17(14-15)19-16(10-7-12-18(19)20)9-4-3-5-13-21-2/h6-8,10-12,14H,3-5,9,13H2,1-2H3. The Balaban J connectivity index is 2.16. The summed E-state index contributed by atoms with van der Waals surface area (Å²) in [6.45, 7) is 2.84. The van der Waals surface area contributed by atoms with Crippen molar-refractivity contribution in [3.05, 3.63) is 59.4 Å². The highest BCUT2D eigenvalue weighted by atomic mass is 19.1. The van der Waals surface area contributed by atoms with Crippen molar-refractivity contribution in [2.45, 2.75) is 32.6 Å². The monoisotopic (exact) mass is 286 g/mol. The predicted molar refractivity (Wildman–Crippen MR) is 86.0 cm³/mol.